The van der Waals surface area contributed by atoms with Gasteiger partial charge in [-0.3, -0.25) is 0 Å². The lowest BCUT2D eigenvalue weighted by Crippen LogP contribution is -1.90. The third kappa shape index (κ3) is 1.81. The van der Waals surface area contributed by atoms with E-state index in [-0.39, 0.29) is 0 Å². The third-order valence-electron chi connectivity index (χ3n) is 3.69. The van der Waals surface area contributed by atoms with Crippen LogP contribution in [-0.2, 0) is 7.05 Å². The number of aromatic nitrogens is 3. The van der Waals surface area contributed by atoms with Crippen molar-refractivity contribution in [3.8, 4) is 15.5 Å². The Hall–Kier alpha value is -2.40. The number of thiophene rings is 1. The van der Waals surface area contributed by atoms with Gasteiger partial charge < -0.3 is 9.30 Å². The van der Waals surface area contributed by atoms with Crippen LogP contribution in [-0.4, -0.2) is 21.6 Å². The van der Waals surface area contributed by atoms with Gasteiger partial charge in [0.15, 0.2) is 5.06 Å². The van der Waals surface area contributed by atoms with Gasteiger partial charge in [0, 0.05) is 40.7 Å². The van der Waals surface area contributed by atoms with E-state index in [2.05, 4.69) is 46.0 Å². The maximum absolute atomic E-state index is 5.31. The molecule has 0 atom stereocenters. The second-order valence-electron chi connectivity index (χ2n) is 4.89. The van der Waals surface area contributed by atoms with Gasteiger partial charge in [-0.25, -0.2) is 9.97 Å². The van der Waals surface area contributed by atoms with Crippen molar-refractivity contribution in [1.29, 1.82) is 0 Å². The second kappa shape index (κ2) is 4.56. The molecule has 4 nitrogen and oxygen atoms in total. The number of aryl methyl sites for hydroxylation is 1. The van der Waals surface area contributed by atoms with Crippen LogP contribution in [0.2, 0.25) is 0 Å². The van der Waals surface area contributed by atoms with Crippen molar-refractivity contribution in [1.82, 2.24) is 14.5 Å². The smallest absolute Gasteiger partial charge is 0.173 e. The molecule has 0 saturated carbocycles. The van der Waals surface area contributed by atoms with Crippen LogP contribution in [0.1, 0.15) is 0 Å². The molecule has 0 aliphatic carbocycles. The van der Waals surface area contributed by atoms with E-state index in [9.17, 15) is 0 Å². The highest BCUT2D eigenvalue weighted by Gasteiger charge is 2.14. The summed E-state index contributed by atoms with van der Waals surface area (Å²) < 4.78 is 7.46. The van der Waals surface area contributed by atoms with Crippen LogP contribution in [0.5, 0.6) is 5.06 Å². The van der Waals surface area contributed by atoms with Gasteiger partial charge in [-0.2, -0.15) is 0 Å². The van der Waals surface area contributed by atoms with Crippen LogP contribution in [0.15, 0.2) is 43.0 Å². The van der Waals surface area contributed by atoms with E-state index in [4.69, 9.17) is 4.74 Å². The summed E-state index contributed by atoms with van der Waals surface area (Å²) in [7, 11) is 3.76. The molecule has 5 heteroatoms. The minimum Gasteiger partial charge on any atom is -0.487 e. The predicted molar refractivity (Wildman–Crippen MR) is 85.9 cm³/mol. The number of benzene rings is 1. The molecular weight excluding hydrogens is 282 g/mol. The van der Waals surface area contributed by atoms with Crippen LogP contribution in [0.25, 0.3) is 32.2 Å². The summed E-state index contributed by atoms with van der Waals surface area (Å²) in [5, 5.41) is 3.17. The fourth-order valence-electron chi connectivity index (χ4n) is 2.71. The highest BCUT2D eigenvalue weighted by molar-refractivity contribution is 7.17. The summed E-state index contributed by atoms with van der Waals surface area (Å²) >= 11 is 1.64. The van der Waals surface area contributed by atoms with Gasteiger partial charge >= 0.3 is 0 Å². The lowest BCUT2D eigenvalue weighted by atomic mass is 10.1. The molecule has 0 unspecified atom stereocenters. The monoisotopic (exact) mass is 295 g/mol. The minimum atomic E-state index is 0.912. The molecule has 0 amide bonds. The summed E-state index contributed by atoms with van der Waals surface area (Å²) in [5.74, 6) is 0. The predicted octanol–water partition coefficient (Wildman–Crippen LogP) is 3.86. The molecule has 21 heavy (non-hydrogen) atoms. The van der Waals surface area contributed by atoms with E-state index in [0.717, 1.165) is 16.0 Å². The molecule has 4 rings (SSSR count). The highest BCUT2D eigenvalue weighted by Crippen LogP contribution is 2.39. The Kier molecular flexibility index (Phi) is 2.68. The van der Waals surface area contributed by atoms with E-state index in [0.29, 0.717) is 0 Å². The van der Waals surface area contributed by atoms with Crippen molar-refractivity contribution >= 4 is 33.1 Å². The molecule has 0 fully saturated rings. The van der Waals surface area contributed by atoms with Gasteiger partial charge in [-0.05, 0) is 24.3 Å². The number of ether oxygens (including phenoxy) is 1. The Morgan fingerprint density at radius 3 is 2.90 bits per heavy atom. The van der Waals surface area contributed by atoms with Crippen molar-refractivity contribution < 1.29 is 4.74 Å². The number of hydrogen-bond acceptors (Lipinski definition) is 4. The van der Waals surface area contributed by atoms with E-state index >= 15 is 0 Å². The standard InChI is InChI=1S/C16H13N3OS/c1-19-6-5-10-12-8-17-9-18-13(12)7-11(16(10)19)14-3-4-15(20-2)21-14/h3-9H,1-2H3. The first-order valence-corrected chi connectivity index (χ1v) is 7.41. The van der Waals surface area contributed by atoms with E-state index in [1.54, 1.807) is 24.8 Å². The Balaban J connectivity index is 2.12. The Labute approximate surface area is 125 Å². The van der Waals surface area contributed by atoms with Crippen LogP contribution in [0.4, 0.5) is 0 Å². The van der Waals surface area contributed by atoms with Crippen LogP contribution in [0.3, 0.4) is 0 Å². The van der Waals surface area contributed by atoms with Gasteiger partial charge in [0.05, 0.1) is 18.1 Å². The highest BCUT2D eigenvalue weighted by atomic mass is 32.1. The number of methoxy groups -OCH3 is 1. The Morgan fingerprint density at radius 2 is 2.10 bits per heavy atom. The van der Waals surface area contributed by atoms with Crippen molar-refractivity contribution in [3.63, 3.8) is 0 Å². The lowest BCUT2D eigenvalue weighted by Gasteiger charge is -2.07. The van der Waals surface area contributed by atoms with Gasteiger partial charge in [-0.15, -0.1) is 0 Å². The molecule has 1 aromatic carbocycles. The van der Waals surface area contributed by atoms with E-state index in [1.165, 1.54) is 21.3 Å². The zero-order valence-corrected chi connectivity index (χ0v) is 12.5. The summed E-state index contributed by atoms with van der Waals surface area (Å²) in [6.07, 6.45) is 5.55. The first-order chi connectivity index (χ1) is 10.3. The first-order valence-electron chi connectivity index (χ1n) is 6.60. The molecular formula is C16H13N3OS. The fourth-order valence-corrected chi connectivity index (χ4v) is 3.55. The molecule has 0 N–H and O–H groups in total. The average molecular weight is 295 g/mol. The lowest BCUT2D eigenvalue weighted by molar-refractivity contribution is 0.427. The Bertz CT molecular complexity index is 955. The topological polar surface area (TPSA) is 39.9 Å². The molecule has 0 saturated heterocycles. The van der Waals surface area contributed by atoms with Crippen LogP contribution >= 0.6 is 11.3 Å². The molecule has 3 aromatic heterocycles. The van der Waals surface area contributed by atoms with Crippen molar-refractivity contribution in [2.75, 3.05) is 7.11 Å². The van der Waals surface area contributed by atoms with Crippen molar-refractivity contribution in [3.05, 3.63) is 43.0 Å². The summed E-state index contributed by atoms with van der Waals surface area (Å²) in [5.41, 5.74) is 3.34. The van der Waals surface area contributed by atoms with Gasteiger partial charge in [0.1, 0.15) is 6.33 Å². The molecule has 0 radical (unpaired) electrons. The molecule has 0 bridgehead atoms. The Morgan fingerprint density at radius 1 is 1.19 bits per heavy atom. The normalized spacial score (nSPS) is 11.3. The summed E-state index contributed by atoms with van der Waals surface area (Å²) in [6.45, 7) is 0. The molecule has 0 aliphatic rings. The van der Waals surface area contributed by atoms with E-state index < -0.39 is 0 Å². The largest absolute Gasteiger partial charge is 0.487 e. The summed E-state index contributed by atoms with van der Waals surface area (Å²) in [4.78, 5) is 9.74. The maximum atomic E-state index is 5.31. The number of nitrogens with zero attached hydrogens (tertiary/aromatic N) is 3. The number of fused-ring (bicyclic) bond motifs is 3. The molecule has 3 heterocycles. The fraction of sp³-hybridized carbons (Fsp3) is 0.125. The summed E-state index contributed by atoms with van der Waals surface area (Å²) in [6, 6.07) is 8.34. The van der Waals surface area contributed by atoms with E-state index in [1.807, 2.05) is 12.3 Å². The van der Waals surface area contributed by atoms with Gasteiger partial charge in [0.25, 0.3) is 0 Å². The van der Waals surface area contributed by atoms with Crippen molar-refractivity contribution in [2.24, 2.45) is 7.05 Å². The SMILES string of the molecule is COc1ccc(-c2cc3ncncc3c3ccn(C)c23)s1. The minimum absolute atomic E-state index is 0.912. The van der Waals surface area contributed by atoms with Gasteiger partial charge in [-0.1, -0.05) is 11.3 Å². The maximum Gasteiger partial charge on any atom is 0.173 e. The number of rotatable bonds is 2. The molecule has 0 spiro atoms. The molecule has 104 valence electrons. The number of hydrogen-bond donors (Lipinski definition) is 0. The average Bonchev–Trinajstić information content (AvgIpc) is 3.14. The zero-order chi connectivity index (χ0) is 14.4. The molecule has 4 aromatic rings. The third-order valence-corrected chi connectivity index (χ3v) is 4.77. The molecule has 0 aliphatic heterocycles. The second-order valence-corrected chi connectivity index (χ2v) is 5.94. The van der Waals surface area contributed by atoms with Crippen LogP contribution < -0.4 is 4.74 Å². The van der Waals surface area contributed by atoms with Gasteiger partial charge in [0.2, 0.25) is 0 Å². The first kappa shape index (κ1) is 12.3. The quantitative estimate of drug-likeness (QED) is 0.564. The van der Waals surface area contributed by atoms with Crippen molar-refractivity contribution in [2.45, 2.75) is 0 Å². The zero-order valence-electron chi connectivity index (χ0n) is 11.7. The van der Waals surface area contributed by atoms with Crippen LogP contribution in [0, 0.1) is 0 Å².